The average Bonchev–Trinajstić information content (AvgIpc) is 2.86. The lowest BCUT2D eigenvalue weighted by molar-refractivity contribution is -0.167. The summed E-state index contributed by atoms with van der Waals surface area (Å²) in [6.45, 7) is 0.452. The predicted molar refractivity (Wildman–Crippen MR) is 133 cm³/mol. The molecular weight excluding hydrogens is 413 g/mol. The van der Waals surface area contributed by atoms with Crippen molar-refractivity contribution in [3.8, 4) is 0 Å². The molecule has 0 aliphatic heterocycles. The van der Waals surface area contributed by atoms with Crippen LogP contribution >= 0.6 is 7.14 Å². The Morgan fingerprint density at radius 1 is 0.812 bits per heavy atom. The second kappa shape index (κ2) is 10.3. The topological polar surface area (TPSA) is 40.5 Å². The molecule has 32 heavy (non-hydrogen) atoms. The molecule has 0 amide bonds. The Morgan fingerprint density at radius 2 is 1.38 bits per heavy atom. The van der Waals surface area contributed by atoms with Crippen LogP contribution in [0.2, 0.25) is 0 Å². The Hall–Kier alpha value is -2.71. The van der Waals surface area contributed by atoms with Crippen LogP contribution < -0.4 is 10.6 Å². The second-order valence-electron chi connectivity index (χ2n) is 8.38. The van der Waals surface area contributed by atoms with Crippen molar-refractivity contribution in [2.75, 3.05) is 6.16 Å². The summed E-state index contributed by atoms with van der Waals surface area (Å²) in [4.78, 5) is 0. The van der Waals surface area contributed by atoms with E-state index in [2.05, 4.69) is 12.2 Å². The first-order chi connectivity index (χ1) is 15.6. The van der Waals surface area contributed by atoms with Crippen LogP contribution in [-0.2, 0) is 11.1 Å². The smallest absolute Gasteiger partial charge is 0.143 e. The van der Waals surface area contributed by atoms with E-state index < -0.39 is 12.7 Å². The van der Waals surface area contributed by atoms with Crippen LogP contribution in [0.5, 0.6) is 0 Å². The zero-order valence-electron chi connectivity index (χ0n) is 18.3. The third-order valence-electron chi connectivity index (χ3n) is 6.24. The summed E-state index contributed by atoms with van der Waals surface area (Å²) >= 11 is 0. The third kappa shape index (κ3) is 5.02. The molecule has 4 heteroatoms. The summed E-state index contributed by atoms with van der Waals surface area (Å²) in [5.41, 5.74) is 0.569. The Morgan fingerprint density at radius 3 is 1.91 bits per heavy atom. The third-order valence-corrected chi connectivity index (χ3v) is 9.45. The van der Waals surface area contributed by atoms with E-state index in [9.17, 15) is 9.77 Å². The molecule has 3 aromatic rings. The van der Waals surface area contributed by atoms with Crippen molar-refractivity contribution in [1.82, 2.24) is 5.06 Å². The van der Waals surface area contributed by atoms with Crippen molar-refractivity contribution < 1.29 is 9.77 Å². The van der Waals surface area contributed by atoms with Gasteiger partial charge in [0.1, 0.15) is 7.14 Å². The molecule has 0 aromatic heterocycles. The van der Waals surface area contributed by atoms with Gasteiger partial charge in [0.2, 0.25) is 0 Å². The molecule has 4 rings (SSSR count). The molecule has 164 valence electrons. The minimum absolute atomic E-state index is 0.452. The van der Waals surface area contributed by atoms with Crippen LogP contribution in [0, 0.1) is 0 Å². The Kier molecular flexibility index (Phi) is 7.22. The van der Waals surface area contributed by atoms with Gasteiger partial charge in [0.25, 0.3) is 0 Å². The standard InChI is InChI=1S/C28H30NO2P/c30-29(24-25-14-5-1-6-15-25)28(20-11-4-12-21-28)22-13-23-32(31,26-16-7-2-8-17-26)27-18-9-3-10-19-27/h1-12,14-20,30H,13,21-24H2. The van der Waals surface area contributed by atoms with Gasteiger partial charge < -0.3 is 9.77 Å². The maximum Gasteiger partial charge on any atom is 0.143 e. The largest absolute Gasteiger partial charge is 0.314 e. The molecule has 1 N–H and O–H groups in total. The van der Waals surface area contributed by atoms with Gasteiger partial charge in [0.05, 0.1) is 5.54 Å². The summed E-state index contributed by atoms with van der Waals surface area (Å²) < 4.78 is 14.3. The van der Waals surface area contributed by atoms with Crippen LogP contribution in [0.4, 0.5) is 0 Å². The van der Waals surface area contributed by atoms with Gasteiger partial charge in [-0.3, -0.25) is 0 Å². The summed E-state index contributed by atoms with van der Waals surface area (Å²) in [7, 11) is -2.76. The van der Waals surface area contributed by atoms with E-state index in [1.807, 2.05) is 103 Å². The minimum Gasteiger partial charge on any atom is -0.314 e. The van der Waals surface area contributed by atoms with Gasteiger partial charge in [-0.2, -0.15) is 5.06 Å². The zero-order chi connectivity index (χ0) is 22.3. The van der Waals surface area contributed by atoms with Crippen molar-refractivity contribution in [3.05, 3.63) is 121 Å². The maximum atomic E-state index is 14.3. The number of hydrogen-bond donors (Lipinski definition) is 1. The molecule has 3 nitrogen and oxygen atoms in total. The number of benzene rings is 3. The lowest BCUT2D eigenvalue weighted by Gasteiger charge is -2.39. The molecule has 0 spiro atoms. The van der Waals surface area contributed by atoms with E-state index in [-0.39, 0.29) is 0 Å². The van der Waals surface area contributed by atoms with Crippen molar-refractivity contribution in [1.29, 1.82) is 0 Å². The van der Waals surface area contributed by atoms with Crippen molar-refractivity contribution in [2.45, 2.75) is 31.3 Å². The van der Waals surface area contributed by atoms with Gasteiger partial charge in [0.15, 0.2) is 0 Å². The number of nitrogens with zero attached hydrogens (tertiary/aromatic N) is 1. The Balaban J connectivity index is 1.54. The highest BCUT2D eigenvalue weighted by atomic mass is 31.2. The monoisotopic (exact) mass is 443 g/mol. The van der Waals surface area contributed by atoms with E-state index in [4.69, 9.17) is 0 Å². The van der Waals surface area contributed by atoms with Crippen molar-refractivity contribution >= 4 is 17.8 Å². The second-order valence-corrected chi connectivity index (χ2v) is 11.3. The summed E-state index contributed by atoms with van der Waals surface area (Å²) in [5.74, 6) is 0. The number of rotatable bonds is 9. The van der Waals surface area contributed by atoms with Crippen LogP contribution in [0.3, 0.4) is 0 Å². The van der Waals surface area contributed by atoms with E-state index in [0.717, 1.165) is 35.4 Å². The highest BCUT2D eigenvalue weighted by Crippen LogP contribution is 2.45. The lowest BCUT2D eigenvalue weighted by atomic mass is 9.86. The van der Waals surface area contributed by atoms with E-state index in [0.29, 0.717) is 12.7 Å². The summed E-state index contributed by atoms with van der Waals surface area (Å²) in [6.07, 6.45) is 11.0. The molecule has 0 fully saturated rings. The molecule has 3 aromatic carbocycles. The van der Waals surface area contributed by atoms with Crippen LogP contribution in [0.25, 0.3) is 0 Å². The van der Waals surface area contributed by atoms with Crippen molar-refractivity contribution in [2.24, 2.45) is 0 Å². The number of hydroxylamine groups is 2. The molecule has 0 saturated carbocycles. The first kappa shape index (κ1) is 22.5. The molecule has 0 saturated heterocycles. The normalized spacial score (nSPS) is 18.2. The fraction of sp³-hybridized carbons (Fsp3) is 0.214. The molecule has 0 radical (unpaired) electrons. The molecular formula is C28H30NO2P. The molecule has 1 aliphatic rings. The van der Waals surface area contributed by atoms with Crippen LogP contribution in [0.15, 0.2) is 115 Å². The fourth-order valence-electron chi connectivity index (χ4n) is 4.43. The highest BCUT2D eigenvalue weighted by molar-refractivity contribution is 7.78. The first-order valence-corrected chi connectivity index (χ1v) is 13.1. The zero-order valence-corrected chi connectivity index (χ0v) is 19.1. The Bertz CT molecular complexity index is 1050. The Labute approximate surface area is 191 Å². The first-order valence-electron chi connectivity index (χ1n) is 11.2. The quantitative estimate of drug-likeness (QED) is 0.329. The number of allylic oxidation sites excluding steroid dienone is 2. The molecule has 1 atom stereocenters. The molecule has 0 heterocycles. The molecule has 1 aliphatic carbocycles. The van der Waals surface area contributed by atoms with E-state index in [1.165, 1.54) is 5.06 Å². The predicted octanol–water partition coefficient (Wildman–Crippen LogP) is 5.93. The van der Waals surface area contributed by atoms with Gasteiger partial charge in [-0.15, -0.1) is 0 Å². The van der Waals surface area contributed by atoms with Crippen LogP contribution in [-0.4, -0.2) is 22.0 Å². The SMILES string of the molecule is O=P(CCCC1(N(O)Cc2ccccc2)C=CC=CC1)(c1ccccc1)c1ccccc1. The molecule has 1 unspecified atom stereocenters. The fourth-order valence-corrected chi connectivity index (χ4v) is 7.15. The number of hydrogen-bond acceptors (Lipinski definition) is 3. The van der Waals surface area contributed by atoms with Gasteiger partial charge in [-0.1, -0.05) is 115 Å². The highest BCUT2D eigenvalue weighted by Gasteiger charge is 2.35. The lowest BCUT2D eigenvalue weighted by Crippen LogP contribution is -2.45. The molecule has 0 bridgehead atoms. The maximum absolute atomic E-state index is 14.3. The van der Waals surface area contributed by atoms with Gasteiger partial charge in [0, 0.05) is 23.3 Å². The van der Waals surface area contributed by atoms with Crippen molar-refractivity contribution in [3.63, 3.8) is 0 Å². The van der Waals surface area contributed by atoms with Gasteiger partial charge in [-0.05, 0) is 24.8 Å². The van der Waals surface area contributed by atoms with E-state index >= 15 is 0 Å². The van der Waals surface area contributed by atoms with E-state index in [1.54, 1.807) is 0 Å². The van der Waals surface area contributed by atoms with Gasteiger partial charge in [-0.25, -0.2) is 0 Å². The summed E-state index contributed by atoms with van der Waals surface area (Å²) in [6, 6.07) is 29.6. The van der Waals surface area contributed by atoms with Gasteiger partial charge >= 0.3 is 0 Å². The van der Waals surface area contributed by atoms with Crippen LogP contribution in [0.1, 0.15) is 24.8 Å². The summed E-state index contributed by atoms with van der Waals surface area (Å²) in [5, 5.41) is 14.4. The minimum atomic E-state index is -2.76. The average molecular weight is 444 g/mol.